The maximum absolute atomic E-state index is 12.7. The highest BCUT2D eigenvalue weighted by molar-refractivity contribution is 7.17. The second-order valence-corrected chi connectivity index (χ2v) is 8.29. The number of rotatable bonds is 9. The van der Waals surface area contributed by atoms with Crippen LogP contribution in [0, 0.1) is 6.92 Å². The molecule has 1 aromatic heterocycles. The van der Waals surface area contributed by atoms with Gasteiger partial charge >= 0.3 is 0 Å². The molecule has 0 saturated carbocycles. The summed E-state index contributed by atoms with van der Waals surface area (Å²) in [5.41, 5.74) is 3.80. The Morgan fingerprint density at radius 3 is 2.40 bits per heavy atom. The molecule has 1 amide bonds. The highest BCUT2D eigenvalue weighted by atomic mass is 32.1. The number of benzene rings is 2. The summed E-state index contributed by atoms with van der Waals surface area (Å²) in [4.78, 5) is 17.8. The third-order valence-electron chi connectivity index (χ3n) is 4.54. The van der Waals surface area contributed by atoms with Crippen LogP contribution in [-0.4, -0.2) is 24.0 Å². The molecule has 0 aliphatic carbocycles. The quantitative estimate of drug-likeness (QED) is 0.467. The highest BCUT2D eigenvalue weighted by Gasteiger charge is 2.16. The standard InChI is InChI=1S/C23H28N4O2S/c1-15(2)24-13-17-9-11-18(12-10-17)14-25-22(28)21-16(3)26-23(30-21)27-19-7-5-6-8-20(19)29-4/h5-12,15,24H,13-14H2,1-4H3,(H,25,28)(H,26,27). The number of carbonyl (C=O) groups is 1. The van der Waals surface area contributed by atoms with Crippen LogP contribution in [0.5, 0.6) is 5.75 Å². The molecule has 3 rings (SSSR count). The van der Waals surface area contributed by atoms with Gasteiger partial charge in [-0.15, -0.1) is 0 Å². The zero-order valence-corrected chi connectivity index (χ0v) is 18.6. The van der Waals surface area contributed by atoms with Crippen molar-refractivity contribution in [2.24, 2.45) is 0 Å². The average Bonchev–Trinajstić information content (AvgIpc) is 3.11. The zero-order valence-electron chi connectivity index (χ0n) is 17.8. The molecule has 0 unspecified atom stereocenters. The number of nitrogens with zero attached hydrogens (tertiary/aromatic N) is 1. The van der Waals surface area contributed by atoms with E-state index in [2.05, 4.69) is 46.9 Å². The SMILES string of the molecule is COc1ccccc1Nc1nc(C)c(C(=O)NCc2ccc(CNC(C)C)cc2)s1. The Bertz CT molecular complexity index is 983. The van der Waals surface area contributed by atoms with Gasteiger partial charge in [-0.25, -0.2) is 4.98 Å². The van der Waals surface area contributed by atoms with E-state index in [4.69, 9.17) is 4.74 Å². The third kappa shape index (κ3) is 5.81. The monoisotopic (exact) mass is 424 g/mol. The lowest BCUT2D eigenvalue weighted by Gasteiger charge is -2.09. The Morgan fingerprint density at radius 1 is 1.07 bits per heavy atom. The number of hydrogen-bond acceptors (Lipinski definition) is 6. The van der Waals surface area contributed by atoms with Gasteiger partial charge in [0, 0.05) is 19.1 Å². The van der Waals surface area contributed by atoms with Crippen LogP contribution in [0.1, 0.15) is 40.3 Å². The van der Waals surface area contributed by atoms with E-state index in [9.17, 15) is 4.79 Å². The first-order valence-corrected chi connectivity index (χ1v) is 10.7. The number of ether oxygens (including phenoxy) is 1. The topological polar surface area (TPSA) is 75.3 Å². The van der Waals surface area contributed by atoms with Gasteiger partial charge in [-0.05, 0) is 30.2 Å². The number of aryl methyl sites for hydroxylation is 1. The maximum atomic E-state index is 12.7. The van der Waals surface area contributed by atoms with Crippen molar-refractivity contribution in [2.45, 2.75) is 39.9 Å². The van der Waals surface area contributed by atoms with Gasteiger partial charge in [0.1, 0.15) is 10.6 Å². The smallest absolute Gasteiger partial charge is 0.263 e. The lowest BCUT2D eigenvalue weighted by molar-refractivity contribution is 0.0954. The Balaban J connectivity index is 1.59. The molecule has 6 nitrogen and oxygen atoms in total. The van der Waals surface area contributed by atoms with Gasteiger partial charge in [0.05, 0.1) is 18.5 Å². The van der Waals surface area contributed by atoms with Gasteiger partial charge < -0.3 is 20.7 Å². The van der Waals surface area contributed by atoms with Crippen LogP contribution in [-0.2, 0) is 13.1 Å². The van der Waals surface area contributed by atoms with Crippen LogP contribution >= 0.6 is 11.3 Å². The number of methoxy groups -OCH3 is 1. The van der Waals surface area contributed by atoms with Crippen molar-refractivity contribution in [3.63, 3.8) is 0 Å². The van der Waals surface area contributed by atoms with Crippen molar-refractivity contribution in [1.29, 1.82) is 0 Å². The summed E-state index contributed by atoms with van der Waals surface area (Å²) in [5, 5.41) is 10.3. The molecule has 0 saturated heterocycles. The molecule has 0 fully saturated rings. The molecule has 0 bridgehead atoms. The molecule has 0 atom stereocenters. The molecule has 2 aromatic carbocycles. The number of carbonyl (C=O) groups excluding carboxylic acids is 1. The van der Waals surface area contributed by atoms with Crippen LogP contribution in [0.25, 0.3) is 0 Å². The Labute approximate surface area is 181 Å². The fourth-order valence-corrected chi connectivity index (χ4v) is 3.78. The molecule has 158 valence electrons. The molecule has 3 aromatic rings. The van der Waals surface area contributed by atoms with Crippen molar-refractivity contribution in [3.05, 3.63) is 70.2 Å². The number of amides is 1. The molecule has 0 aliphatic rings. The van der Waals surface area contributed by atoms with Crippen LogP contribution in [0.2, 0.25) is 0 Å². The lowest BCUT2D eigenvalue weighted by Crippen LogP contribution is -2.23. The van der Waals surface area contributed by atoms with E-state index < -0.39 is 0 Å². The van der Waals surface area contributed by atoms with E-state index in [-0.39, 0.29) is 5.91 Å². The van der Waals surface area contributed by atoms with E-state index in [1.165, 1.54) is 16.9 Å². The van der Waals surface area contributed by atoms with E-state index in [0.717, 1.165) is 23.5 Å². The highest BCUT2D eigenvalue weighted by Crippen LogP contribution is 2.30. The van der Waals surface area contributed by atoms with E-state index in [1.807, 2.05) is 43.3 Å². The fraction of sp³-hybridized carbons (Fsp3) is 0.304. The minimum absolute atomic E-state index is 0.122. The maximum Gasteiger partial charge on any atom is 0.263 e. The number of para-hydroxylation sites is 2. The van der Waals surface area contributed by atoms with Gasteiger partial charge in [-0.1, -0.05) is 61.6 Å². The van der Waals surface area contributed by atoms with Crippen LogP contribution < -0.4 is 20.7 Å². The largest absolute Gasteiger partial charge is 0.495 e. The van der Waals surface area contributed by atoms with Gasteiger partial charge in [-0.2, -0.15) is 0 Å². The first-order valence-electron chi connectivity index (χ1n) is 9.93. The molecule has 0 radical (unpaired) electrons. The normalized spacial score (nSPS) is 10.8. The summed E-state index contributed by atoms with van der Waals surface area (Å²) >= 11 is 1.33. The Hall–Kier alpha value is -2.90. The van der Waals surface area contributed by atoms with E-state index in [1.54, 1.807) is 7.11 Å². The van der Waals surface area contributed by atoms with Crippen LogP contribution in [0.3, 0.4) is 0 Å². The molecule has 7 heteroatoms. The molecule has 3 N–H and O–H groups in total. The lowest BCUT2D eigenvalue weighted by atomic mass is 10.1. The predicted octanol–water partition coefficient (Wildman–Crippen LogP) is 4.63. The number of hydrogen-bond donors (Lipinski definition) is 3. The van der Waals surface area contributed by atoms with Gasteiger partial charge in [0.15, 0.2) is 5.13 Å². The summed E-state index contributed by atoms with van der Waals surface area (Å²) in [7, 11) is 1.62. The molecule has 30 heavy (non-hydrogen) atoms. The molecular formula is C23H28N4O2S. The van der Waals surface area contributed by atoms with Crippen LogP contribution in [0.4, 0.5) is 10.8 Å². The van der Waals surface area contributed by atoms with Gasteiger partial charge in [0.2, 0.25) is 0 Å². The third-order valence-corrected chi connectivity index (χ3v) is 5.61. The summed E-state index contributed by atoms with van der Waals surface area (Å²) in [6.45, 7) is 7.41. The summed E-state index contributed by atoms with van der Waals surface area (Å²) < 4.78 is 5.36. The fourth-order valence-electron chi connectivity index (χ4n) is 2.88. The first-order chi connectivity index (χ1) is 14.5. The van der Waals surface area contributed by atoms with Gasteiger partial charge in [-0.3, -0.25) is 4.79 Å². The number of thiazole rings is 1. The molecule has 0 spiro atoms. The summed E-state index contributed by atoms with van der Waals surface area (Å²) in [6, 6.07) is 16.3. The molecule has 1 heterocycles. The zero-order chi connectivity index (χ0) is 21.5. The number of aromatic nitrogens is 1. The van der Waals surface area contributed by atoms with Crippen molar-refractivity contribution in [3.8, 4) is 5.75 Å². The summed E-state index contributed by atoms with van der Waals surface area (Å²) in [6.07, 6.45) is 0. The minimum Gasteiger partial charge on any atom is -0.495 e. The second kappa shape index (κ2) is 10.2. The van der Waals surface area contributed by atoms with Crippen molar-refractivity contribution >= 4 is 28.1 Å². The van der Waals surface area contributed by atoms with Crippen molar-refractivity contribution in [1.82, 2.24) is 15.6 Å². The predicted molar refractivity (Wildman–Crippen MR) is 123 cm³/mol. The van der Waals surface area contributed by atoms with Crippen molar-refractivity contribution < 1.29 is 9.53 Å². The Kier molecular flexibility index (Phi) is 7.43. The average molecular weight is 425 g/mol. The number of nitrogens with one attached hydrogen (secondary N) is 3. The van der Waals surface area contributed by atoms with Crippen LogP contribution in [0.15, 0.2) is 48.5 Å². The van der Waals surface area contributed by atoms with Crippen molar-refractivity contribution in [2.75, 3.05) is 12.4 Å². The first kappa shape index (κ1) is 21.8. The van der Waals surface area contributed by atoms with E-state index >= 15 is 0 Å². The Morgan fingerprint density at radius 2 is 1.73 bits per heavy atom. The summed E-state index contributed by atoms with van der Waals surface area (Å²) in [5.74, 6) is 0.604. The second-order valence-electron chi connectivity index (χ2n) is 7.29. The number of anilines is 2. The molecule has 0 aliphatic heterocycles. The molecular weight excluding hydrogens is 396 g/mol. The van der Waals surface area contributed by atoms with E-state index in [0.29, 0.717) is 28.3 Å². The van der Waals surface area contributed by atoms with Gasteiger partial charge in [0.25, 0.3) is 5.91 Å². The minimum atomic E-state index is -0.122.